The molecule has 2 aromatic heterocycles. The Kier molecular flexibility index (Phi) is 6.80. The third-order valence-corrected chi connectivity index (χ3v) is 6.39. The summed E-state index contributed by atoms with van der Waals surface area (Å²) in [6.07, 6.45) is 7.43. The van der Waals surface area contributed by atoms with Crippen LogP contribution >= 0.6 is 0 Å². The van der Waals surface area contributed by atoms with Gasteiger partial charge in [0.1, 0.15) is 11.3 Å². The summed E-state index contributed by atoms with van der Waals surface area (Å²) in [7, 11) is 4.82. The first-order chi connectivity index (χ1) is 17.9. The number of ether oxygens (including phenoxy) is 3. The van der Waals surface area contributed by atoms with Gasteiger partial charge in [-0.3, -0.25) is 14.5 Å². The van der Waals surface area contributed by atoms with E-state index in [1.807, 2.05) is 0 Å². The highest BCUT2D eigenvalue weighted by molar-refractivity contribution is 5.99. The lowest BCUT2D eigenvalue weighted by atomic mass is 10.1. The van der Waals surface area contributed by atoms with Crippen LogP contribution in [0.1, 0.15) is 36.0 Å². The SMILES string of the molecule is COc1cc2nccc(Oc3ccc(Nc4nn(C)cc4C(=O)NC4CCCC4)cc3F)c2cc1OC. The topological polar surface area (TPSA) is 99.5 Å². The molecule has 1 amide bonds. The second kappa shape index (κ2) is 10.3. The molecule has 2 N–H and O–H groups in total. The van der Waals surface area contributed by atoms with Gasteiger partial charge in [0, 0.05) is 48.7 Å². The predicted molar refractivity (Wildman–Crippen MR) is 138 cm³/mol. The van der Waals surface area contributed by atoms with E-state index < -0.39 is 5.82 Å². The Bertz CT molecular complexity index is 1450. The zero-order valence-corrected chi connectivity index (χ0v) is 20.9. The molecule has 1 aliphatic carbocycles. The number of pyridine rings is 1. The number of fused-ring (bicyclic) bond motifs is 1. The standard InChI is InChI=1S/C27H28FN5O4/c1-33-15-19(27(34)31-16-6-4-5-7-16)26(32-33)30-17-8-9-23(20(28)12-17)37-22-10-11-29-21-14-25(36-3)24(35-2)13-18(21)22/h8-16H,4-7H2,1-3H3,(H,30,32)(H,31,34). The monoisotopic (exact) mass is 505 g/mol. The van der Waals surface area contributed by atoms with E-state index in [2.05, 4.69) is 20.7 Å². The van der Waals surface area contributed by atoms with Crippen molar-refractivity contribution in [3.8, 4) is 23.0 Å². The van der Waals surface area contributed by atoms with Crippen molar-refractivity contribution in [2.75, 3.05) is 19.5 Å². The van der Waals surface area contributed by atoms with Gasteiger partial charge in [-0.1, -0.05) is 12.8 Å². The average Bonchev–Trinajstić information content (AvgIpc) is 3.54. The Morgan fingerprint density at radius 3 is 2.51 bits per heavy atom. The van der Waals surface area contributed by atoms with E-state index in [1.165, 1.54) is 19.2 Å². The maximum Gasteiger partial charge on any atom is 0.256 e. The summed E-state index contributed by atoms with van der Waals surface area (Å²) in [5.41, 5.74) is 1.46. The van der Waals surface area contributed by atoms with Gasteiger partial charge in [0.2, 0.25) is 0 Å². The fourth-order valence-corrected chi connectivity index (χ4v) is 4.53. The van der Waals surface area contributed by atoms with Crippen molar-refractivity contribution in [1.29, 1.82) is 0 Å². The number of carbonyl (C=O) groups is 1. The van der Waals surface area contributed by atoms with Crippen LogP contribution in [0.3, 0.4) is 0 Å². The average molecular weight is 506 g/mol. The maximum absolute atomic E-state index is 15.1. The molecule has 192 valence electrons. The highest BCUT2D eigenvalue weighted by Crippen LogP contribution is 2.37. The fourth-order valence-electron chi connectivity index (χ4n) is 4.53. The van der Waals surface area contributed by atoms with E-state index in [1.54, 1.807) is 55.5 Å². The molecule has 0 radical (unpaired) electrons. The molecule has 1 aliphatic rings. The molecule has 4 aromatic rings. The van der Waals surface area contributed by atoms with Gasteiger partial charge in [0.15, 0.2) is 28.9 Å². The number of nitrogens with one attached hydrogen (secondary N) is 2. The van der Waals surface area contributed by atoms with Crippen molar-refractivity contribution in [1.82, 2.24) is 20.1 Å². The first kappa shape index (κ1) is 24.4. The lowest BCUT2D eigenvalue weighted by Crippen LogP contribution is -2.32. The lowest BCUT2D eigenvalue weighted by Gasteiger charge is -2.14. The third kappa shape index (κ3) is 5.13. The van der Waals surface area contributed by atoms with Gasteiger partial charge in [-0.15, -0.1) is 0 Å². The molecular weight excluding hydrogens is 477 g/mol. The molecule has 5 rings (SSSR count). The summed E-state index contributed by atoms with van der Waals surface area (Å²) in [5, 5.41) is 11.1. The van der Waals surface area contributed by atoms with Crippen LogP contribution in [0.4, 0.5) is 15.9 Å². The number of aromatic nitrogens is 3. The van der Waals surface area contributed by atoms with E-state index >= 15 is 4.39 Å². The summed E-state index contributed by atoms with van der Waals surface area (Å²) < 4.78 is 33.3. The molecule has 0 unspecified atom stereocenters. The zero-order chi connectivity index (χ0) is 25.9. The molecule has 0 saturated heterocycles. The van der Waals surface area contributed by atoms with Gasteiger partial charge in [0.25, 0.3) is 5.91 Å². The minimum Gasteiger partial charge on any atom is -0.493 e. The minimum atomic E-state index is -0.580. The summed E-state index contributed by atoms with van der Waals surface area (Å²) in [6, 6.07) is 9.80. The number of halogens is 1. The first-order valence-corrected chi connectivity index (χ1v) is 12.0. The van der Waals surface area contributed by atoms with Gasteiger partial charge < -0.3 is 24.8 Å². The van der Waals surface area contributed by atoms with Crippen LogP contribution in [0.2, 0.25) is 0 Å². The maximum atomic E-state index is 15.1. The molecule has 0 bridgehead atoms. The highest BCUT2D eigenvalue weighted by Gasteiger charge is 2.22. The Morgan fingerprint density at radius 2 is 1.78 bits per heavy atom. The van der Waals surface area contributed by atoms with Crippen molar-refractivity contribution in [2.24, 2.45) is 7.05 Å². The Hall–Kier alpha value is -4.34. The van der Waals surface area contributed by atoms with E-state index in [0.717, 1.165) is 25.7 Å². The largest absolute Gasteiger partial charge is 0.493 e. The normalized spacial score (nSPS) is 13.5. The zero-order valence-electron chi connectivity index (χ0n) is 20.9. The van der Waals surface area contributed by atoms with Gasteiger partial charge in [-0.25, -0.2) is 4.39 Å². The Balaban J connectivity index is 1.36. The van der Waals surface area contributed by atoms with Crippen molar-refractivity contribution >= 4 is 28.3 Å². The van der Waals surface area contributed by atoms with Crippen LogP contribution in [0.15, 0.2) is 48.8 Å². The molecule has 2 aromatic carbocycles. The van der Waals surface area contributed by atoms with Gasteiger partial charge in [-0.2, -0.15) is 5.10 Å². The van der Waals surface area contributed by atoms with Crippen LogP contribution in [0, 0.1) is 5.82 Å². The first-order valence-electron chi connectivity index (χ1n) is 12.0. The molecule has 0 spiro atoms. The van der Waals surface area contributed by atoms with Crippen molar-refractivity contribution < 1.29 is 23.4 Å². The second-order valence-electron chi connectivity index (χ2n) is 8.93. The summed E-state index contributed by atoms with van der Waals surface area (Å²) >= 11 is 0. The van der Waals surface area contributed by atoms with Gasteiger partial charge in [-0.05, 0) is 37.1 Å². The number of carbonyl (C=O) groups excluding carboxylic acids is 1. The smallest absolute Gasteiger partial charge is 0.256 e. The second-order valence-corrected chi connectivity index (χ2v) is 8.93. The number of nitrogens with zero attached hydrogens (tertiary/aromatic N) is 3. The molecule has 2 heterocycles. The highest BCUT2D eigenvalue weighted by atomic mass is 19.1. The molecule has 0 aliphatic heterocycles. The molecule has 10 heteroatoms. The van der Waals surface area contributed by atoms with Gasteiger partial charge in [0.05, 0.1) is 19.7 Å². The van der Waals surface area contributed by atoms with E-state index in [0.29, 0.717) is 45.2 Å². The van der Waals surface area contributed by atoms with Crippen molar-refractivity contribution in [3.05, 3.63) is 60.2 Å². The van der Waals surface area contributed by atoms with Crippen LogP contribution in [-0.2, 0) is 7.05 Å². The van der Waals surface area contributed by atoms with E-state index in [-0.39, 0.29) is 17.7 Å². The molecule has 0 atom stereocenters. The molecule has 1 fully saturated rings. The lowest BCUT2D eigenvalue weighted by molar-refractivity contribution is 0.0938. The van der Waals surface area contributed by atoms with Crippen molar-refractivity contribution in [3.63, 3.8) is 0 Å². The molecular formula is C27H28FN5O4. The quantitative estimate of drug-likeness (QED) is 0.334. The van der Waals surface area contributed by atoms with E-state index in [9.17, 15) is 4.79 Å². The fraction of sp³-hybridized carbons (Fsp3) is 0.296. The number of anilines is 2. The summed E-state index contributed by atoms with van der Waals surface area (Å²) in [5.74, 6) is 1.08. The summed E-state index contributed by atoms with van der Waals surface area (Å²) in [6.45, 7) is 0. The Labute approximate surface area is 213 Å². The molecule has 1 saturated carbocycles. The number of methoxy groups -OCH3 is 2. The molecule has 37 heavy (non-hydrogen) atoms. The predicted octanol–water partition coefficient (Wildman–Crippen LogP) is 5.33. The Morgan fingerprint density at radius 1 is 1.03 bits per heavy atom. The van der Waals surface area contributed by atoms with Crippen LogP contribution in [0.5, 0.6) is 23.0 Å². The summed E-state index contributed by atoms with van der Waals surface area (Å²) in [4.78, 5) is 17.2. The van der Waals surface area contributed by atoms with Crippen molar-refractivity contribution in [2.45, 2.75) is 31.7 Å². The van der Waals surface area contributed by atoms with Crippen LogP contribution < -0.4 is 24.8 Å². The number of amides is 1. The third-order valence-electron chi connectivity index (χ3n) is 6.39. The number of hydrogen-bond donors (Lipinski definition) is 2. The van der Waals surface area contributed by atoms with E-state index in [4.69, 9.17) is 14.2 Å². The number of benzene rings is 2. The molecule has 9 nitrogen and oxygen atoms in total. The van der Waals surface area contributed by atoms with Gasteiger partial charge >= 0.3 is 0 Å². The van der Waals surface area contributed by atoms with Crippen LogP contribution in [-0.4, -0.2) is 40.9 Å². The minimum absolute atomic E-state index is 0.0352. The number of rotatable bonds is 8. The number of hydrogen-bond acceptors (Lipinski definition) is 7. The number of aryl methyl sites for hydroxylation is 1. The van der Waals surface area contributed by atoms with Crippen LogP contribution in [0.25, 0.3) is 10.9 Å².